The van der Waals surface area contributed by atoms with Crippen LogP contribution >= 0.6 is 0 Å². The molecule has 0 saturated carbocycles. The summed E-state index contributed by atoms with van der Waals surface area (Å²) < 4.78 is 31.9. The Morgan fingerprint density at radius 2 is 1.33 bits per heavy atom. The second-order valence-corrected chi connectivity index (χ2v) is 20.5. The van der Waals surface area contributed by atoms with Crippen LogP contribution in [0.5, 0.6) is 0 Å². The summed E-state index contributed by atoms with van der Waals surface area (Å²) in [5, 5.41) is 4.63. The molecule has 9 aromatic rings. The molecule has 0 saturated heterocycles. The number of nitrogens with zero attached hydrogens (tertiary/aromatic N) is 4. The molecular formula is C58H56N4O. The van der Waals surface area contributed by atoms with Gasteiger partial charge in [0, 0.05) is 53.5 Å². The van der Waals surface area contributed by atoms with Crippen molar-refractivity contribution in [3.8, 4) is 22.5 Å². The van der Waals surface area contributed by atoms with Gasteiger partial charge in [-0.25, -0.2) is 9.98 Å². The molecule has 0 spiro atoms. The lowest BCUT2D eigenvalue weighted by Gasteiger charge is -2.45. The smallest absolute Gasteiger partial charge is 0.217 e. The summed E-state index contributed by atoms with van der Waals surface area (Å²) in [6.45, 7) is 23.6. The van der Waals surface area contributed by atoms with Crippen LogP contribution in [0, 0.1) is 33.1 Å². The molecule has 6 aromatic carbocycles. The van der Waals surface area contributed by atoms with Crippen molar-refractivity contribution in [2.24, 2.45) is 10.4 Å². The highest BCUT2D eigenvalue weighted by Gasteiger charge is 2.66. The summed E-state index contributed by atoms with van der Waals surface area (Å²) in [6, 6.07) is 43.9. The molecule has 4 heterocycles. The van der Waals surface area contributed by atoms with Crippen molar-refractivity contribution >= 4 is 49.6 Å². The average Bonchev–Trinajstić information content (AvgIpc) is 3.92. The summed E-state index contributed by atoms with van der Waals surface area (Å²) in [7, 11) is 0. The summed E-state index contributed by atoms with van der Waals surface area (Å²) in [5.74, 6) is 0.474. The molecule has 5 heteroatoms. The molecule has 63 heavy (non-hydrogen) atoms. The lowest BCUT2D eigenvalue weighted by atomic mass is 9.66. The van der Waals surface area contributed by atoms with Crippen LogP contribution in [0.2, 0.25) is 0 Å². The monoisotopic (exact) mass is 826 g/mol. The minimum atomic E-state index is -1.83. The molecular weight excluding hydrogens is 769 g/mol. The Morgan fingerprint density at radius 3 is 2.10 bits per heavy atom. The van der Waals surface area contributed by atoms with Gasteiger partial charge in [0.25, 0.3) is 0 Å². The van der Waals surface area contributed by atoms with Crippen molar-refractivity contribution in [3.05, 3.63) is 172 Å². The molecule has 11 rings (SSSR count). The lowest BCUT2D eigenvalue weighted by Crippen LogP contribution is -2.54. The van der Waals surface area contributed by atoms with E-state index in [1.165, 1.54) is 27.5 Å². The third-order valence-corrected chi connectivity index (χ3v) is 14.2. The minimum Gasteiger partial charge on any atom is -0.467 e. The van der Waals surface area contributed by atoms with E-state index in [1.807, 2.05) is 18.3 Å². The van der Waals surface area contributed by atoms with E-state index >= 15 is 0 Å². The number of pyridine rings is 1. The summed E-state index contributed by atoms with van der Waals surface area (Å²) in [5.41, 5.74) is 13.6. The van der Waals surface area contributed by atoms with Crippen molar-refractivity contribution in [2.45, 2.75) is 99.1 Å². The van der Waals surface area contributed by atoms with E-state index in [2.05, 4.69) is 194 Å². The third kappa shape index (κ3) is 5.67. The van der Waals surface area contributed by atoms with E-state index in [0.717, 1.165) is 77.7 Å². The number of aromatic nitrogens is 3. The quantitative estimate of drug-likeness (QED) is 0.177. The maximum absolute atomic E-state index is 9.94. The Morgan fingerprint density at radius 1 is 0.619 bits per heavy atom. The molecule has 0 radical (unpaired) electrons. The Kier molecular flexibility index (Phi) is 7.83. The average molecular weight is 827 g/mol. The molecule has 314 valence electrons. The minimum absolute atomic E-state index is 0.231. The number of aliphatic imine (C=N–C) groups is 1. The number of rotatable bonds is 4. The van der Waals surface area contributed by atoms with Gasteiger partial charge in [0.1, 0.15) is 16.8 Å². The molecule has 0 unspecified atom stereocenters. The topological polar surface area (TPSA) is 44.3 Å². The Bertz CT molecular complexity index is 3520. The van der Waals surface area contributed by atoms with Crippen LogP contribution in [0.4, 0.5) is 0 Å². The molecule has 0 bridgehead atoms. The highest BCUT2D eigenvalue weighted by atomic mass is 16.5. The lowest BCUT2D eigenvalue weighted by molar-refractivity contribution is -0.0673. The normalized spacial score (nSPS) is 20.0. The van der Waals surface area contributed by atoms with Crippen LogP contribution < -0.4 is 0 Å². The maximum Gasteiger partial charge on any atom is 0.217 e. The van der Waals surface area contributed by atoms with Gasteiger partial charge in [0.15, 0.2) is 0 Å². The largest absolute Gasteiger partial charge is 0.467 e. The van der Waals surface area contributed by atoms with Crippen LogP contribution in [0.25, 0.3) is 66.2 Å². The predicted molar refractivity (Wildman–Crippen MR) is 263 cm³/mol. The van der Waals surface area contributed by atoms with Crippen molar-refractivity contribution in [1.29, 1.82) is 0 Å². The number of ether oxygens (including phenoxy) is 1. The zero-order valence-corrected chi connectivity index (χ0v) is 38.3. The van der Waals surface area contributed by atoms with Crippen molar-refractivity contribution in [2.75, 3.05) is 0 Å². The van der Waals surface area contributed by atoms with Gasteiger partial charge in [-0.05, 0) is 151 Å². The first-order valence-corrected chi connectivity index (χ1v) is 22.3. The molecule has 5 nitrogen and oxygen atoms in total. The first-order chi connectivity index (χ1) is 30.7. The Balaban J connectivity index is 1.16. The SMILES string of the molecule is [2H]C1([2H])c2cc(C)c(C)cc2[C@@]2(C)N=C(c3cc(-n4c5ccc(C)cc5c5cc(C)c(-n6c7ccc(-c8ccccc8)cc7c7cccnc76)cc54)cc(C(C)(C)C)c3)O[C@@]12C(C)(C)C. The third-order valence-electron chi connectivity index (χ3n) is 14.2. The van der Waals surface area contributed by atoms with Crippen LogP contribution in [0.1, 0.15) is 95.7 Å². The van der Waals surface area contributed by atoms with Crippen molar-refractivity contribution < 1.29 is 7.48 Å². The van der Waals surface area contributed by atoms with E-state index < -0.39 is 22.9 Å². The summed E-state index contributed by atoms with van der Waals surface area (Å²) in [4.78, 5) is 10.6. The summed E-state index contributed by atoms with van der Waals surface area (Å²) >= 11 is 0. The number of benzene rings is 6. The molecule has 0 fully saturated rings. The predicted octanol–water partition coefficient (Wildman–Crippen LogP) is 14.5. The van der Waals surface area contributed by atoms with Gasteiger partial charge < -0.3 is 9.30 Å². The van der Waals surface area contributed by atoms with Gasteiger partial charge in [0.05, 0.1) is 22.2 Å². The van der Waals surface area contributed by atoms with E-state index in [4.69, 9.17) is 14.7 Å². The molecule has 0 N–H and O–H groups in total. The molecule has 3 aromatic heterocycles. The van der Waals surface area contributed by atoms with Gasteiger partial charge in [0.2, 0.25) is 5.90 Å². The van der Waals surface area contributed by atoms with Gasteiger partial charge in [-0.3, -0.25) is 4.57 Å². The van der Waals surface area contributed by atoms with E-state index in [9.17, 15) is 2.74 Å². The van der Waals surface area contributed by atoms with Crippen molar-refractivity contribution in [1.82, 2.24) is 14.1 Å². The van der Waals surface area contributed by atoms with Gasteiger partial charge >= 0.3 is 0 Å². The first kappa shape index (κ1) is 37.1. The second-order valence-electron chi connectivity index (χ2n) is 20.5. The number of fused-ring (bicyclic) bond motifs is 9. The van der Waals surface area contributed by atoms with Gasteiger partial charge in [-0.2, -0.15) is 0 Å². The Labute approximate surface area is 373 Å². The fourth-order valence-corrected chi connectivity index (χ4v) is 10.6. The van der Waals surface area contributed by atoms with E-state index in [-0.39, 0.29) is 5.41 Å². The highest BCUT2D eigenvalue weighted by Crippen LogP contribution is 2.60. The molecule has 1 aliphatic carbocycles. The van der Waals surface area contributed by atoms with E-state index in [0.29, 0.717) is 11.5 Å². The van der Waals surface area contributed by atoms with Crippen molar-refractivity contribution in [3.63, 3.8) is 0 Å². The number of hydrogen-bond acceptors (Lipinski definition) is 3. The maximum atomic E-state index is 9.94. The van der Waals surface area contributed by atoms with Gasteiger partial charge in [-0.15, -0.1) is 0 Å². The highest BCUT2D eigenvalue weighted by molar-refractivity contribution is 6.12. The molecule has 2 atom stereocenters. The first-order valence-electron chi connectivity index (χ1n) is 23.3. The Hall–Kier alpha value is -6.46. The van der Waals surface area contributed by atoms with Crippen LogP contribution in [-0.4, -0.2) is 25.6 Å². The standard InChI is InChI=1S/C58H56N4O/c1-34-19-21-49-45(24-34)46-26-37(4)51(62-50-22-20-39(38-16-13-12-14-17-38)30-47(50)44-18-15-23-59-53(44)62)32-52(46)61(49)43-29-40(28-42(31-43)55(5,6)7)54-60-57(11)48-27-36(3)35(2)25-41(48)33-58(57,63-54)56(8,9)10/h12-32H,33H2,1-11H3/t57-,58-/m1/s1/i33D2. The second kappa shape index (κ2) is 13.3. The zero-order chi connectivity index (χ0) is 45.7. The number of hydrogen-bond donors (Lipinski definition) is 0. The molecule has 2 aliphatic rings. The molecule has 1 aliphatic heterocycles. The summed E-state index contributed by atoms with van der Waals surface area (Å²) in [6.07, 6.45) is 0.0642. The van der Waals surface area contributed by atoms with Crippen LogP contribution in [0.15, 0.2) is 133 Å². The fraction of sp³-hybridized carbons (Fsp3) is 0.276. The fourth-order valence-electron chi connectivity index (χ4n) is 10.6. The molecule has 0 amide bonds. The number of aryl methyl sites for hydroxylation is 4. The van der Waals surface area contributed by atoms with Crippen LogP contribution in [-0.2, 0) is 22.1 Å². The van der Waals surface area contributed by atoms with E-state index in [1.54, 1.807) is 0 Å². The zero-order valence-electron chi connectivity index (χ0n) is 40.3. The van der Waals surface area contributed by atoms with Crippen LogP contribution in [0.3, 0.4) is 0 Å². The van der Waals surface area contributed by atoms with Gasteiger partial charge in [-0.1, -0.05) is 102 Å².